The first-order valence-electron chi connectivity index (χ1n) is 4.46. The topological polar surface area (TPSA) is 9.23 Å². The predicted molar refractivity (Wildman–Crippen MR) is 70.5 cm³/mol. The normalized spacial score (nSPS) is 10.4. The van der Waals surface area contributed by atoms with E-state index in [1.807, 2.05) is 11.4 Å². The van der Waals surface area contributed by atoms with Crippen LogP contribution in [0.25, 0.3) is 0 Å². The molecule has 0 aliphatic carbocycles. The van der Waals surface area contributed by atoms with E-state index in [4.69, 9.17) is 4.74 Å². The highest BCUT2D eigenvalue weighted by Crippen LogP contribution is 2.27. The molecule has 0 atom stereocenters. The van der Waals surface area contributed by atoms with E-state index in [1.54, 1.807) is 17.4 Å². The first-order valence-corrected chi connectivity index (χ1v) is 6.92. The molecular formula is C11H7Br2FOS. The summed E-state index contributed by atoms with van der Waals surface area (Å²) >= 11 is 8.28. The Kier molecular flexibility index (Phi) is 4.00. The lowest BCUT2D eigenvalue weighted by atomic mass is 10.3. The molecule has 5 heteroatoms. The van der Waals surface area contributed by atoms with Crippen molar-refractivity contribution in [3.05, 3.63) is 49.3 Å². The van der Waals surface area contributed by atoms with Gasteiger partial charge in [0.25, 0.3) is 0 Å². The molecule has 84 valence electrons. The van der Waals surface area contributed by atoms with Gasteiger partial charge >= 0.3 is 0 Å². The zero-order valence-electron chi connectivity index (χ0n) is 8.04. The molecule has 0 saturated carbocycles. The van der Waals surface area contributed by atoms with Crippen LogP contribution < -0.4 is 4.74 Å². The molecule has 0 unspecified atom stereocenters. The molecule has 0 aliphatic rings. The lowest BCUT2D eigenvalue weighted by Gasteiger charge is -2.06. The summed E-state index contributed by atoms with van der Waals surface area (Å²) in [5, 5.41) is 1.99. The van der Waals surface area contributed by atoms with Crippen LogP contribution in [0.2, 0.25) is 0 Å². The number of thiophene rings is 1. The molecule has 2 aromatic rings. The van der Waals surface area contributed by atoms with Crippen LogP contribution in [0.1, 0.15) is 4.88 Å². The van der Waals surface area contributed by atoms with Crippen molar-refractivity contribution >= 4 is 43.2 Å². The molecular weight excluding hydrogens is 359 g/mol. The summed E-state index contributed by atoms with van der Waals surface area (Å²) in [5.41, 5.74) is 0. The smallest absolute Gasteiger partial charge is 0.136 e. The summed E-state index contributed by atoms with van der Waals surface area (Å²) in [7, 11) is 0. The largest absolute Gasteiger partial charge is 0.487 e. The van der Waals surface area contributed by atoms with Gasteiger partial charge in [-0.25, -0.2) is 4.39 Å². The summed E-state index contributed by atoms with van der Waals surface area (Å²) in [4.78, 5) is 1.09. The number of ether oxygens (including phenoxy) is 1. The van der Waals surface area contributed by atoms with Crippen molar-refractivity contribution in [1.29, 1.82) is 0 Å². The number of hydrogen-bond donors (Lipinski definition) is 0. The molecule has 1 heterocycles. The fourth-order valence-corrected chi connectivity index (χ4v) is 2.89. The van der Waals surface area contributed by atoms with Crippen LogP contribution in [0.3, 0.4) is 0 Å². The highest BCUT2D eigenvalue weighted by molar-refractivity contribution is 9.10. The van der Waals surface area contributed by atoms with E-state index < -0.39 is 0 Å². The van der Waals surface area contributed by atoms with Gasteiger partial charge in [0.05, 0.1) is 4.47 Å². The van der Waals surface area contributed by atoms with E-state index in [0.29, 0.717) is 12.4 Å². The van der Waals surface area contributed by atoms with Gasteiger partial charge in [-0.3, -0.25) is 0 Å². The van der Waals surface area contributed by atoms with Crippen molar-refractivity contribution in [3.8, 4) is 5.75 Å². The zero-order chi connectivity index (χ0) is 11.5. The van der Waals surface area contributed by atoms with Gasteiger partial charge in [-0.15, -0.1) is 11.3 Å². The molecule has 1 aromatic heterocycles. The van der Waals surface area contributed by atoms with Crippen molar-refractivity contribution in [2.75, 3.05) is 0 Å². The SMILES string of the molecule is Fc1ccc(Br)c(OCc2cc(Br)cs2)c1. The summed E-state index contributed by atoms with van der Waals surface area (Å²) in [6.45, 7) is 0.443. The van der Waals surface area contributed by atoms with Crippen molar-refractivity contribution in [3.63, 3.8) is 0 Å². The second-order valence-corrected chi connectivity index (χ2v) is 5.86. The van der Waals surface area contributed by atoms with Crippen LogP contribution in [-0.4, -0.2) is 0 Å². The Morgan fingerprint density at radius 3 is 2.75 bits per heavy atom. The molecule has 0 saturated heterocycles. The van der Waals surface area contributed by atoms with Crippen LogP contribution in [-0.2, 0) is 6.61 Å². The molecule has 0 radical (unpaired) electrons. The van der Waals surface area contributed by atoms with Gasteiger partial charge in [-0.05, 0) is 50.1 Å². The van der Waals surface area contributed by atoms with E-state index in [2.05, 4.69) is 31.9 Å². The third-order valence-electron chi connectivity index (χ3n) is 1.88. The second kappa shape index (κ2) is 5.29. The predicted octanol–water partition coefficient (Wildman–Crippen LogP) is 4.99. The summed E-state index contributed by atoms with van der Waals surface area (Å²) in [6.07, 6.45) is 0. The molecule has 1 nitrogen and oxygen atoms in total. The Balaban J connectivity index is 2.07. The molecule has 0 bridgehead atoms. The lowest BCUT2D eigenvalue weighted by Crippen LogP contribution is -1.94. The van der Waals surface area contributed by atoms with E-state index in [-0.39, 0.29) is 5.82 Å². The van der Waals surface area contributed by atoms with Crippen molar-refractivity contribution in [2.45, 2.75) is 6.61 Å². The Bertz CT molecular complexity index is 498. The van der Waals surface area contributed by atoms with Gasteiger partial charge < -0.3 is 4.74 Å². The minimum absolute atomic E-state index is 0.300. The third-order valence-corrected chi connectivity index (χ3v) is 4.21. The van der Waals surface area contributed by atoms with Crippen molar-refractivity contribution in [1.82, 2.24) is 0 Å². The molecule has 16 heavy (non-hydrogen) atoms. The molecule has 0 spiro atoms. The van der Waals surface area contributed by atoms with E-state index >= 15 is 0 Å². The maximum absolute atomic E-state index is 13.0. The fourth-order valence-electron chi connectivity index (χ4n) is 1.17. The Morgan fingerprint density at radius 1 is 1.25 bits per heavy atom. The molecule has 1 aromatic carbocycles. The monoisotopic (exact) mass is 364 g/mol. The molecule has 0 aliphatic heterocycles. The van der Waals surface area contributed by atoms with E-state index in [1.165, 1.54) is 12.1 Å². The molecule has 0 N–H and O–H groups in total. The molecule has 2 rings (SSSR count). The van der Waals surface area contributed by atoms with Gasteiger partial charge in [-0.1, -0.05) is 0 Å². The fraction of sp³-hybridized carbons (Fsp3) is 0.0909. The van der Waals surface area contributed by atoms with Gasteiger partial charge in [0, 0.05) is 20.8 Å². The first kappa shape index (κ1) is 12.1. The second-order valence-electron chi connectivity index (χ2n) is 3.09. The summed E-state index contributed by atoms with van der Waals surface area (Å²) < 4.78 is 20.3. The van der Waals surface area contributed by atoms with Crippen LogP contribution in [0.15, 0.2) is 38.6 Å². The number of benzene rings is 1. The van der Waals surface area contributed by atoms with Gasteiger partial charge in [-0.2, -0.15) is 0 Å². The minimum Gasteiger partial charge on any atom is -0.487 e. The number of hydrogen-bond acceptors (Lipinski definition) is 2. The quantitative estimate of drug-likeness (QED) is 0.744. The highest BCUT2D eigenvalue weighted by atomic mass is 79.9. The Labute approximate surface area is 114 Å². The Morgan fingerprint density at radius 2 is 2.06 bits per heavy atom. The van der Waals surface area contributed by atoms with Gasteiger partial charge in [0.1, 0.15) is 18.2 Å². The summed E-state index contributed by atoms with van der Waals surface area (Å²) in [5.74, 6) is 0.218. The number of rotatable bonds is 3. The third kappa shape index (κ3) is 3.06. The average molecular weight is 366 g/mol. The lowest BCUT2D eigenvalue weighted by molar-refractivity contribution is 0.306. The zero-order valence-corrected chi connectivity index (χ0v) is 12.0. The van der Waals surface area contributed by atoms with Gasteiger partial charge in [0.15, 0.2) is 0 Å². The molecule has 0 fully saturated rings. The first-order chi connectivity index (χ1) is 7.65. The molecule has 0 amide bonds. The average Bonchev–Trinajstić information content (AvgIpc) is 2.66. The summed E-state index contributed by atoms with van der Waals surface area (Å²) in [6, 6.07) is 6.37. The maximum atomic E-state index is 13.0. The Hall–Kier alpha value is -0.390. The van der Waals surface area contributed by atoms with Crippen molar-refractivity contribution in [2.24, 2.45) is 0 Å². The highest BCUT2D eigenvalue weighted by Gasteiger charge is 2.04. The van der Waals surface area contributed by atoms with E-state index in [0.717, 1.165) is 13.8 Å². The maximum Gasteiger partial charge on any atom is 0.136 e. The van der Waals surface area contributed by atoms with Crippen LogP contribution in [0, 0.1) is 5.82 Å². The van der Waals surface area contributed by atoms with Gasteiger partial charge in [0.2, 0.25) is 0 Å². The van der Waals surface area contributed by atoms with Crippen molar-refractivity contribution < 1.29 is 9.13 Å². The minimum atomic E-state index is -0.300. The number of halogens is 3. The van der Waals surface area contributed by atoms with E-state index in [9.17, 15) is 4.39 Å². The van der Waals surface area contributed by atoms with Crippen LogP contribution >= 0.6 is 43.2 Å². The van der Waals surface area contributed by atoms with Crippen LogP contribution in [0.4, 0.5) is 4.39 Å². The van der Waals surface area contributed by atoms with Crippen LogP contribution in [0.5, 0.6) is 5.75 Å². The standard InChI is InChI=1S/C11H7Br2FOS/c12-7-3-9(16-6-7)5-15-11-4-8(14)1-2-10(11)13/h1-4,6H,5H2.